The van der Waals surface area contributed by atoms with Gasteiger partial charge in [0.15, 0.2) is 0 Å². The molecule has 0 aliphatic rings. The molecule has 4 rings (SSSR count). The summed E-state index contributed by atoms with van der Waals surface area (Å²) < 4.78 is 24.9. The molecule has 0 aliphatic carbocycles. The second-order valence-corrected chi connectivity index (χ2v) is 8.49. The fourth-order valence-electron chi connectivity index (χ4n) is 3.24. The number of rotatable bonds is 7. The maximum Gasteiger partial charge on any atom is 0.238 e. The predicted molar refractivity (Wildman–Crippen MR) is 117 cm³/mol. The van der Waals surface area contributed by atoms with Crippen LogP contribution < -0.4 is 10.5 Å². The van der Waals surface area contributed by atoms with Gasteiger partial charge in [-0.3, -0.25) is 0 Å². The summed E-state index contributed by atoms with van der Waals surface area (Å²) in [4.78, 5) is 0.0735. The standard InChI is InChI=1S/C23H22N4O2S/c24-30(28,29)22-13-11-21(12-14-22)27-23(19-9-5-2-6-10-19)15-20(26-27)17-25-16-18-7-3-1-4-8-18/h1-15,25H,16-17H2,(H2,24,28,29). The van der Waals surface area contributed by atoms with Gasteiger partial charge in [0.25, 0.3) is 0 Å². The first-order valence-electron chi connectivity index (χ1n) is 9.53. The van der Waals surface area contributed by atoms with Crippen LogP contribution in [-0.4, -0.2) is 18.2 Å². The first-order chi connectivity index (χ1) is 14.5. The summed E-state index contributed by atoms with van der Waals surface area (Å²) in [5, 5.41) is 13.4. The zero-order valence-electron chi connectivity index (χ0n) is 16.3. The Bertz CT molecular complexity index is 1220. The lowest BCUT2D eigenvalue weighted by Gasteiger charge is -2.08. The van der Waals surface area contributed by atoms with Gasteiger partial charge in [-0.1, -0.05) is 60.7 Å². The second-order valence-electron chi connectivity index (χ2n) is 6.93. The molecule has 0 aliphatic heterocycles. The Labute approximate surface area is 176 Å². The molecule has 1 heterocycles. The molecule has 30 heavy (non-hydrogen) atoms. The molecule has 0 amide bonds. The van der Waals surface area contributed by atoms with E-state index in [4.69, 9.17) is 10.2 Å². The van der Waals surface area contributed by atoms with Gasteiger partial charge >= 0.3 is 0 Å². The highest BCUT2D eigenvalue weighted by molar-refractivity contribution is 7.89. The number of sulfonamides is 1. The first-order valence-corrected chi connectivity index (χ1v) is 11.1. The third-order valence-electron chi connectivity index (χ3n) is 4.72. The Kier molecular flexibility index (Phi) is 5.76. The largest absolute Gasteiger partial charge is 0.307 e. The smallest absolute Gasteiger partial charge is 0.238 e. The summed E-state index contributed by atoms with van der Waals surface area (Å²) in [6.45, 7) is 1.36. The number of nitrogens with zero attached hydrogens (tertiary/aromatic N) is 2. The van der Waals surface area contributed by atoms with Gasteiger partial charge in [-0.15, -0.1) is 0 Å². The van der Waals surface area contributed by atoms with E-state index in [9.17, 15) is 8.42 Å². The molecular weight excluding hydrogens is 396 g/mol. The Morgan fingerprint density at radius 3 is 2.10 bits per heavy atom. The molecular formula is C23H22N4O2S. The highest BCUT2D eigenvalue weighted by Crippen LogP contribution is 2.24. The van der Waals surface area contributed by atoms with Gasteiger partial charge in [0.1, 0.15) is 0 Å². The van der Waals surface area contributed by atoms with E-state index in [2.05, 4.69) is 17.4 Å². The summed E-state index contributed by atoms with van der Waals surface area (Å²) in [6.07, 6.45) is 0. The van der Waals surface area contributed by atoms with Crippen LogP contribution in [0.5, 0.6) is 0 Å². The highest BCUT2D eigenvalue weighted by Gasteiger charge is 2.13. The van der Waals surface area contributed by atoms with E-state index >= 15 is 0 Å². The molecule has 0 fully saturated rings. The SMILES string of the molecule is NS(=O)(=O)c1ccc(-n2nc(CNCc3ccccc3)cc2-c2ccccc2)cc1. The lowest BCUT2D eigenvalue weighted by atomic mass is 10.1. The fourth-order valence-corrected chi connectivity index (χ4v) is 3.75. The lowest BCUT2D eigenvalue weighted by Crippen LogP contribution is -2.13. The van der Waals surface area contributed by atoms with E-state index in [0.29, 0.717) is 6.54 Å². The van der Waals surface area contributed by atoms with Crippen molar-refractivity contribution in [2.24, 2.45) is 5.14 Å². The quantitative estimate of drug-likeness (QED) is 0.481. The number of hydrogen-bond donors (Lipinski definition) is 2. The Morgan fingerprint density at radius 2 is 1.47 bits per heavy atom. The number of nitrogens with two attached hydrogens (primary N) is 1. The molecule has 4 aromatic rings. The first kappa shape index (κ1) is 20.0. The van der Waals surface area contributed by atoms with Crippen LogP contribution in [-0.2, 0) is 23.1 Å². The molecule has 6 nitrogen and oxygen atoms in total. The van der Waals surface area contributed by atoms with Crippen molar-refractivity contribution in [3.8, 4) is 16.9 Å². The summed E-state index contributed by atoms with van der Waals surface area (Å²) in [7, 11) is -3.74. The van der Waals surface area contributed by atoms with Crippen molar-refractivity contribution < 1.29 is 8.42 Å². The van der Waals surface area contributed by atoms with E-state index in [1.807, 2.05) is 59.3 Å². The number of hydrogen-bond acceptors (Lipinski definition) is 4. The Morgan fingerprint density at radius 1 is 0.833 bits per heavy atom. The molecule has 0 bridgehead atoms. The van der Waals surface area contributed by atoms with Crippen molar-refractivity contribution in [2.45, 2.75) is 18.0 Å². The van der Waals surface area contributed by atoms with Crippen molar-refractivity contribution in [3.63, 3.8) is 0 Å². The summed E-state index contributed by atoms with van der Waals surface area (Å²) in [6, 6.07) is 28.6. The molecule has 0 saturated carbocycles. The van der Waals surface area contributed by atoms with Crippen LogP contribution in [0, 0.1) is 0 Å². The average Bonchev–Trinajstić information content (AvgIpc) is 3.19. The maximum absolute atomic E-state index is 11.6. The normalized spacial score (nSPS) is 11.5. The zero-order chi connectivity index (χ0) is 21.0. The van der Waals surface area contributed by atoms with Crippen LogP contribution in [0.2, 0.25) is 0 Å². The number of nitrogens with one attached hydrogen (secondary N) is 1. The van der Waals surface area contributed by atoms with Gasteiger partial charge in [-0.2, -0.15) is 5.10 Å². The third-order valence-corrected chi connectivity index (χ3v) is 5.65. The molecule has 152 valence electrons. The summed E-state index contributed by atoms with van der Waals surface area (Å²) in [5.41, 5.74) is 4.81. The average molecular weight is 419 g/mol. The zero-order valence-corrected chi connectivity index (χ0v) is 17.1. The van der Waals surface area contributed by atoms with Gasteiger partial charge in [0.2, 0.25) is 10.0 Å². The molecule has 0 spiro atoms. The van der Waals surface area contributed by atoms with Crippen LogP contribution in [0.15, 0.2) is 95.9 Å². The van der Waals surface area contributed by atoms with Gasteiger partial charge in [0.05, 0.1) is 22.0 Å². The van der Waals surface area contributed by atoms with Crippen LogP contribution in [0.1, 0.15) is 11.3 Å². The number of primary sulfonamides is 1. The van der Waals surface area contributed by atoms with Crippen molar-refractivity contribution >= 4 is 10.0 Å². The topological polar surface area (TPSA) is 90.0 Å². The van der Waals surface area contributed by atoms with Crippen molar-refractivity contribution in [1.29, 1.82) is 0 Å². The van der Waals surface area contributed by atoms with Gasteiger partial charge in [-0.25, -0.2) is 18.2 Å². The van der Waals surface area contributed by atoms with Crippen molar-refractivity contribution in [3.05, 3.63) is 102 Å². The van der Waals surface area contributed by atoms with Crippen LogP contribution in [0.3, 0.4) is 0 Å². The molecule has 0 saturated heterocycles. The van der Waals surface area contributed by atoms with Crippen molar-refractivity contribution in [1.82, 2.24) is 15.1 Å². The maximum atomic E-state index is 11.6. The van der Waals surface area contributed by atoms with Gasteiger partial charge in [0, 0.05) is 18.7 Å². The monoisotopic (exact) mass is 418 g/mol. The van der Waals surface area contributed by atoms with E-state index in [1.165, 1.54) is 17.7 Å². The second kappa shape index (κ2) is 8.62. The lowest BCUT2D eigenvalue weighted by molar-refractivity contribution is 0.598. The molecule has 0 unspecified atom stereocenters. The van der Waals surface area contributed by atoms with Crippen LogP contribution in [0.25, 0.3) is 16.9 Å². The predicted octanol–water partition coefficient (Wildman–Crippen LogP) is 3.48. The Balaban J connectivity index is 1.63. The minimum absolute atomic E-state index is 0.0735. The minimum Gasteiger partial charge on any atom is -0.307 e. The van der Waals surface area contributed by atoms with Gasteiger partial charge < -0.3 is 5.32 Å². The molecule has 0 atom stereocenters. The highest BCUT2D eigenvalue weighted by atomic mass is 32.2. The van der Waals surface area contributed by atoms with Gasteiger partial charge in [-0.05, 0) is 35.9 Å². The summed E-state index contributed by atoms with van der Waals surface area (Å²) >= 11 is 0. The Hall–Kier alpha value is -3.26. The molecule has 0 radical (unpaired) electrons. The molecule has 3 N–H and O–H groups in total. The van der Waals surface area contributed by atoms with Crippen molar-refractivity contribution in [2.75, 3.05) is 0 Å². The van der Waals surface area contributed by atoms with E-state index in [1.54, 1.807) is 12.1 Å². The van der Waals surface area contributed by atoms with Crippen LogP contribution in [0.4, 0.5) is 0 Å². The minimum atomic E-state index is -3.74. The van der Waals surface area contributed by atoms with E-state index < -0.39 is 10.0 Å². The third kappa shape index (κ3) is 4.65. The summed E-state index contributed by atoms with van der Waals surface area (Å²) in [5.74, 6) is 0. The number of benzene rings is 3. The molecule has 1 aromatic heterocycles. The number of aromatic nitrogens is 2. The van der Waals surface area contributed by atoms with E-state index in [0.717, 1.165) is 29.2 Å². The van der Waals surface area contributed by atoms with Crippen LogP contribution >= 0.6 is 0 Å². The van der Waals surface area contributed by atoms with E-state index in [-0.39, 0.29) is 4.90 Å². The fraction of sp³-hybridized carbons (Fsp3) is 0.0870. The molecule has 7 heteroatoms. The molecule has 3 aromatic carbocycles.